The van der Waals surface area contributed by atoms with Crippen molar-refractivity contribution in [2.24, 2.45) is 5.92 Å². The third-order valence-corrected chi connectivity index (χ3v) is 4.09. The monoisotopic (exact) mass is 305 g/mol. The number of piperidine rings is 1. The number of aliphatic hydroxyl groups excluding tert-OH is 1. The highest BCUT2D eigenvalue weighted by Crippen LogP contribution is 2.20. The van der Waals surface area contributed by atoms with E-state index in [1.54, 1.807) is 0 Å². The second-order valence-corrected chi connectivity index (χ2v) is 6.49. The molecule has 22 heavy (non-hydrogen) atoms. The van der Waals surface area contributed by atoms with E-state index in [0.29, 0.717) is 5.92 Å². The van der Waals surface area contributed by atoms with E-state index in [1.807, 2.05) is 24.3 Å². The van der Waals surface area contributed by atoms with Crippen molar-refractivity contribution < 1.29 is 9.90 Å². The van der Waals surface area contributed by atoms with E-state index < -0.39 is 0 Å². The van der Waals surface area contributed by atoms with Gasteiger partial charge in [0, 0.05) is 32.2 Å². The molecule has 1 heterocycles. The van der Waals surface area contributed by atoms with E-state index in [0.717, 1.165) is 38.3 Å². The average molecular weight is 305 g/mol. The molecule has 0 saturated carbocycles. The van der Waals surface area contributed by atoms with Gasteiger partial charge in [0.15, 0.2) is 0 Å². The zero-order chi connectivity index (χ0) is 16.1. The Morgan fingerprint density at radius 2 is 2.05 bits per heavy atom. The van der Waals surface area contributed by atoms with Crippen LogP contribution in [-0.2, 0) is 11.3 Å². The Kier molecular flexibility index (Phi) is 5.94. The van der Waals surface area contributed by atoms with Gasteiger partial charge in [0.25, 0.3) is 0 Å². The lowest BCUT2D eigenvalue weighted by atomic mass is 9.93. The second kappa shape index (κ2) is 7.72. The van der Waals surface area contributed by atoms with Crippen molar-refractivity contribution in [2.75, 3.05) is 39.0 Å². The minimum Gasteiger partial charge on any atom is -0.391 e. The molecule has 0 spiro atoms. The van der Waals surface area contributed by atoms with Crippen LogP contribution in [-0.4, -0.2) is 60.6 Å². The summed E-state index contributed by atoms with van der Waals surface area (Å²) in [6, 6.07) is 7.91. The van der Waals surface area contributed by atoms with Crippen LogP contribution in [0.1, 0.15) is 18.9 Å². The van der Waals surface area contributed by atoms with Gasteiger partial charge in [-0.1, -0.05) is 12.1 Å². The van der Waals surface area contributed by atoms with E-state index in [4.69, 9.17) is 0 Å². The standard InChI is InChI=1S/C17H27N3O2/c1-13(21)18-16-6-4-14(5-7-16)10-20-9-8-15(11-19(2)3)17(22)12-20/h4-7,15,17,22H,8-12H2,1-3H3,(H,18,21). The van der Waals surface area contributed by atoms with Crippen LogP contribution < -0.4 is 5.32 Å². The topological polar surface area (TPSA) is 55.8 Å². The fourth-order valence-electron chi connectivity index (χ4n) is 3.03. The van der Waals surface area contributed by atoms with E-state index in [9.17, 15) is 9.90 Å². The van der Waals surface area contributed by atoms with Crippen molar-refractivity contribution in [2.45, 2.75) is 26.0 Å². The summed E-state index contributed by atoms with van der Waals surface area (Å²) in [4.78, 5) is 15.4. The number of hydrogen-bond donors (Lipinski definition) is 2. The molecular formula is C17H27N3O2. The van der Waals surface area contributed by atoms with Gasteiger partial charge in [0.05, 0.1) is 6.10 Å². The zero-order valence-electron chi connectivity index (χ0n) is 13.7. The minimum absolute atomic E-state index is 0.0566. The van der Waals surface area contributed by atoms with Gasteiger partial charge in [0.2, 0.25) is 5.91 Å². The molecule has 1 aromatic rings. The number of nitrogens with zero attached hydrogens (tertiary/aromatic N) is 2. The fourth-order valence-corrected chi connectivity index (χ4v) is 3.03. The van der Waals surface area contributed by atoms with Gasteiger partial charge in [0.1, 0.15) is 0 Å². The molecular weight excluding hydrogens is 278 g/mol. The molecule has 2 N–H and O–H groups in total. The SMILES string of the molecule is CC(=O)Nc1ccc(CN2CCC(CN(C)C)C(O)C2)cc1. The maximum absolute atomic E-state index is 11.0. The number of amides is 1. The number of β-amino-alcohol motifs (C(OH)–C–C–N with tert-alkyl or cyclic N) is 1. The summed E-state index contributed by atoms with van der Waals surface area (Å²) in [7, 11) is 4.10. The number of nitrogens with one attached hydrogen (secondary N) is 1. The van der Waals surface area contributed by atoms with Crippen molar-refractivity contribution in [3.05, 3.63) is 29.8 Å². The zero-order valence-corrected chi connectivity index (χ0v) is 13.7. The van der Waals surface area contributed by atoms with E-state index in [2.05, 4.69) is 29.2 Å². The highest BCUT2D eigenvalue weighted by molar-refractivity contribution is 5.88. The number of benzene rings is 1. The van der Waals surface area contributed by atoms with Crippen molar-refractivity contribution in [1.29, 1.82) is 0 Å². The molecule has 5 nitrogen and oxygen atoms in total. The molecule has 122 valence electrons. The Morgan fingerprint density at radius 3 is 2.59 bits per heavy atom. The molecule has 5 heteroatoms. The van der Waals surface area contributed by atoms with Gasteiger partial charge in [-0.05, 0) is 50.7 Å². The maximum atomic E-state index is 11.0. The number of anilines is 1. The molecule has 1 aliphatic rings. The molecule has 2 rings (SSSR count). The Bertz CT molecular complexity index is 487. The van der Waals surface area contributed by atoms with Crippen LogP contribution >= 0.6 is 0 Å². The van der Waals surface area contributed by atoms with Crippen LogP contribution in [0, 0.1) is 5.92 Å². The number of rotatable bonds is 5. The molecule has 1 aliphatic heterocycles. The first-order chi connectivity index (χ1) is 10.4. The molecule has 0 aromatic heterocycles. The summed E-state index contributed by atoms with van der Waals surface area (Å²) >= 11 is 0. The number of carbonyl (C=O) groups is 1. The predicted molar refractivity (Wildman–Crippen MR) is 88.7 cm³/mol. The highest BCUT2D eigenvalue weighted by atomic mass is 16.3. The van der Waals surface area contributed by atoms with Gasteiger partial charge >= 0.3 is 0 Å². The summed E-state index contributed by atoms with van der Waals surface area (Å²) in [5.74, 6) is 0.312. The first-order valence-corrected chi connectivity index (χ1v) is 7.85. The molecule has 0 bridgehead atoms. The van der Waals surface area contributed by atoms with Crippen molar-refractivity contribution in [3.8, 4) is 0 Å². The Labute approximate surface area is 132 Å². The highest BCUT2D eigenvalue weighted by Gasteiger charge is 2.27. The quantitative estimate of drug-likeness (QED) is 0.863. The summed E-state index contributed by atoms with van der Waals surface area (Å²) in [5, 5.41) is 13.1. The van der Waals surface area contributed by atoms with Crippen LogP contribution in [0.2, 0.25) is 0 Å². The molecule has 2 atom stereocenters. The van der Waals surface area contributed by atoms with Gasteiger partial charge in [-0.25, -0.2) is 0 Å². The van der Waals surface area contributed by atoms with Gasteiger partial charge < -0.3 is 15.3 Å². The number of likely N-dealkylation sites (tertiary alicyclic amines) is 1. The summed E-state index contributed by atoms with van der Waals surface area (Å²) < 4.78 is 0. The smallest absolute Gasteiger partial charge is 0.221 e. The lowest BCUT2D eigenvalue weighted by Crippen LogP contribution is -2.46. The van der Waals surface area contributed by atoms with Gasteiger partial charge in [-0.15, -0.1) is 0 Å². The molecule has 0 aliphatic carbocycles. The minimum atomic E-state index is -0.255. The molecule has 1 amide bonds. The van der Waals surface area contributed by atoms with Crippen molar-refractivity contribution in [1.82, 2.24) is 9.80 Å². The lowest BCUT2D eigenvalue weighted by Gasteiger charge is -2.37. The lowest BCUT2D eigenvalue weighted by molar-refractivity contribution is -0.114. The number of hydrogen-bond acceptors (Lipinski definition) is 4. The van der Waals surface area contributed by atoms with Crippen LogP contribution in [0.15, 0.2) is 24.3 Å². The van der Waals surface area contributed by atoms with Gasteiger partial charge in [-0.2, -0.15) is 0 Å². The number of carbonyl (C=O) groups excluding carboxylic acids is 1. The summed E-state index contributed by atoms with van der Waals surface area (Å²) in [5.41, 5.74) is 2.02. The normalized spacial score (nSPS) is 22.8. The van der Waals surface area contributed by atoms with E-state index in [-0.39, 0.29) is 12.0 Å². The Morgan fingerprint density at radius 1 is 1.36 bits per heavy atom. The molecule has 1 fully saturated rings. The third-order valence-electron chi connectivity index (χ3n) is 4.09. The maximum Gasteiger partial charge on any atom is 0.221 e. The summed E-state index contributed by atoms with van der Waals surface area (Å²) in [6.07, 6.45) is 0.776. The third kappa shape index (κ3) is 5.09. The van der Waals surface area contributed by atoms with E-state index >= 15 is 0 Å². The first kappa shape index (κ1) is 16.9. The fraction of sp³-hybridized carbons (Fsp3) is 0.588. The van der Waals surface area contributed by atoms with Gasteiger partial charge in [-0.3, -0.25) is 9.69 Å². The summed E-state index contributed by atoms with van der Waals surface area (Å²) in [6.45, 7) is 5.04. The predicted octanol–water partition coefficient (Wildman–Crippen LogP) is 1.39. The van der Waals surface area contributed by atoms with Crippen LogP contribution in [0.4, 0.5) is 5.69 Å². The largest absolute Gasteiger partial charge is 0.391 e. The molecule has 1 aromatic carbocycles. The molecule has 1 saturated heterocycles. The van der Waals surface area contributed by atoms with Crippen molar-refractivity contribution in [3.63, 3.8) is 0 Å². The van der Waals surface area contributed by atoms with Crippen LogP contribution in [0.5, 0.6) is 0 Å². The second-order valence-electron chi connectivity index (χ2n) is 6.49. The Hall–Kier alpha value is -1.43. The average Bonchev–Trinajstić information content (AvgIpc) is 2.43. The first-order valence-electron chi connectivity index (χ1n) is 7.85. The number of aliphatic hydroxyl groups is 1. The van der Waals surface area contributed by atoms with Crippen LogP contribution in [0.25, 0.3) is 0 Å². The van der Waals surface area contributed by atoms with Crippen molar-refractivity contribution >= 4 is 11.6 Å². The molecule has 0 radical (unpaired) electrons. The van der Waals surface area contributed by atoms with Crippen LogP contribution in [0.3, 0.4) is 0 Å². The van der Waals surface area contributed by atoms with E-state index in [1.165, 1.54) is 12.5 Å². The Balaban J connectivity index is 1.85. The molecule has 2 unspecified atom stereocenters.